The third-order valence-electron chi connectivity index (χ3n) is 1.52. The van der Waals surface area contributed by atoms with Crippen LogP contribution in [-0.4, -0.2) is 13.5 Å². The summed E-state index contributed by atoms with van der Waals surface area (Å²) in [6, 6.07) is 0.977. The van der Waals surface area contributed by atoms with Crippen molar-refractivity contribution in [3.63, 3.8) is 0 Å². The Labute approximate surface area is 85.2 Å². The molecular formula is C7H10FNO3S2. The van der Waals surface area contributed by atoms with Crippen LogP contribution in [0, 0.1) is 5.82 Å². The normalized spacial score (nSPS) is 13.2. The molecule has 1 aromatic rings. The summed E-state index contributed by atoms with van der Waals surface area (Å²) in [4.78, 5) is 0.221. The highest BCUT2D eigenvalue weighted by atomic mass is 32.2. The number of hydrogen-bond acceptors (Lipinski definition) is 4. The van der Waals surface area contributed by atoms with E-state index in [1.807, 2.05) is 0 Å². The molecule has 0 radical (unpaired) electrons. The van der Waals surface area contributed by atoms with Crippen LogP contribution in [0.3, 0.4) is 0 Å². The maximum atomic E-state index is 13.1. The van der Waals surface area contributed by atoms with Gasteiger partial charge in [0.1, 0.15) is 0 Å². The zero-order valence-corrected chi connectivity index (χ0v) is 9.25. The molecule has 0 aliphatic rings. The fraction of sp³-hybridized carbons (Fsp3) is 0.429. The Balaban J connectivity index is 3.33. The summed E-state index contributed by atoms with van der Waals surface area (Å²) in [5, 5.41) is 14.3. The molecule has 0 bridgehead atoms. The highest BCUT2D eigenvalue weighted by molar-refractivity contribution is 7.91. The van der Waals surface area contributed by atoms with Gasteiger partial charge in [-0.1, -0.05) is 0 Å². The third kappa shape index (κ3) is 2.30. The van der Waals surface area contributed by atoms with Gasteiger partial charge in [0.25, 0.3) is 10.0 Å². The van der Waals surface area contributed by atoms with Gasteiger partial charge in [0.05, 0.1) is 5.60 Å². The van der Waals surface area contributed by atoms with E-state index in [-0.39, 0.29) is 4.88 Å². The first-order valence-corrected chi connectivity index (χ1v) is 6.03. The Hall–Kier alpha value is -0.500. The van der Waals surface area contributed by atoms with E-state index < -0.39 is 25.7 Å². The van der Waals surface area contributed by atoms with Crippen LogP contribution >= 0.6 is 11.3 Å². The molecule has 0 atom stereocenters. The molecule has 0 aliphatic carbocycles. The van der Waals surface area contributed by atoms with Crippen LogP contribution in [0.25, 0.3) is 0 Å². The number of primary sulfonamides is 1. The minimum absolute atomic E-state index is 0.221. The van der Waals surface area contributed by atoms with Crippen molar-refractivity contribution < 1.29 is 17.9 Å². The monoisotopic (exact) mass is 239 g/mol. The number of sulfonamides is 1. The second-order valence-corrected chi connectivity index (χ2v) is 6.16. The molecular weight excluding hydrogens is 229 g/mol. The summed E-state index contributed by atoms with van der Waals surface area (Å²) in [7, 11) is -4.04. The van der Waals surface area contributed by atoms with Crippen molar-refractivity contribution in [3.05, 3.63) is 16.8 Å². The number of rotatable bonds is 2. The van der Waals surface area contributed by atoms with E-state index in [2.05, 4.69) is 0 Å². The number of aliphatic hydroxyl groups is 1. The van der Waals surface area contributed by atoms with Gasteiger partial charge in [-0.25, -0.2) is 17.9 Å². The van der Waals surface area contributed by atoms with Crippen molar-refractivity contribution in [1.29, 1.82) is 0 Å². The van der Waals surface area contributed by atoms with Crippen LogP contribution in [0.2, 0.25) is 0 Å². The van der Waals surface area contributed by atoms with Crippen molar-refractivity contribution in [3.8, 4) is 0 Å². The second kappa shape index (κ2) is 3.27. The summed E-state index contributed by atoms with van der Waals surface area (Å²) in [6.45, 7) is 2.87. The van der Waals surface area contributed by atoms with Crippen molar-refractivity contribution in [2.45, 2.75) is 23.7 Å². The van der Waals surface area contributed by atoms with Crippen LogP contribution in [0.15, 0.2) is 10.3 Å². The van der Waals surface area contributed by atoms with Crippen LogP contribution in [0.5, 0.6) is 0 Å². The lowest BCUT2D eigenvalue weighted by molar-refractivity contribution is 0.0823. The highest BCUT2D eigenvalue weighted by Crippen LogP contribution is 2.32. The van der Waals surface area contributed by atoms with E-state index in [9.17, 15) is 17.9 Å². The van der Waals surface area contributed by atoms with Crippen LogP contribution in [0.1, 0.15) is 18.7 Å². The van der Waals surface area contributed by atoms with Gasteiger partial charge in [-0.2, -0.15) is 0 Å². The molecule has 0 aromatic carbocycles. The van der Waals surface area contributed by atoms with Gasteiger partial charge in [0.2, 0.25) is 0 Å². The van der Waals surface area contributed by atoms with Gasteiger partial charge >= 0.3 is 0 Å². The SMILES string of the molecule is CC(C)(O)c1cc(F)c(S(N)(=O)=O)s1. The molecule has 80 valence electrons. The first kappa shape index (κ1) is 11.6. The topological polar surface area (TPSA) is 80.4 Å². The molecule has 0 spiro atoms. The average molecular weight is 239 g/mol. The van der Waals surface area contributed by atoms with Crippen molar-refractivity contribution in [2.24, 2.45) is 5.14 Å². The average Bonchev–Trinajstić information content (AvgIpc) is 2.27. The smallest absolute Gasteiger partial charge is 0.250 e. The maximum Gasteiger partial charge on any atom is 0.250 e. The van der Waals surface area contributed by atoms with Crippen molar-refractivity contribution >= 4 is 21.4 Å². The number of thiophene rings is 1. The van der Waals surface area contributed by atoms with Gasteiger partial charge in [-0.3, -0.25) is 0 Å². The lowest BCUT2D eigenvalue weighted by atomic mass is 10.1. The molecule has 14 heavy (non-hydrogen) atoms. The minimum Gasteiger partial charge on any atom is -0.385 e. The first-order valence-electron chi connectivity index (χ1n) is 3.67. The fourth-order valence-electron chi connectivity index (χ4n) is 0.848. The lowest BCUT2D eigenvalue weighted by Crippen LogP contribution is -2.13. The molecule has 1 rings (SSSR count). The molecule has 4 nitrogen and oxygen atoms in total. The number of nitrogens with two attached hydrogens (primary N) is 1. The predicted molar refractivity (Wildman–Crippen MR) is 50.9 cm³/mol. The lowest BCUT2D eigenvalue weighted by Gasteiger charge is -2.13. The fourth-order valence-corrected chi connectivity index (χ4v) is 2.68. The molecule has 0 saturated carbocycles. The third-order valence-corrected chi connectivity index (χ3v) is 4.39. The predicted octanol–water partition coefficient (Wildman–Crippen LogP) is 0.762. The van der Waals surface area contributed by atoms with E-state index in [0.717, 1.165) is 6.07 Å². The zero-order chi connectivity index (χ0) is 11.1. The Morgan fingerprint density at radius 1 is 1.57 bits per heavy atom. The summed E-state index contributed by atoms with van der Waals surface area (Å²) >= 11 is 0.635. The van der Waals surface area contributed by atoms with Crippen molar-refractivity contribution in [1.82, 2.24) is 0 Å². The standard InChI is InChI=1S/C7H10FNO3S2/c1-7(2,10)5-3-4(8)6(13-5)14(9,11)12/h3,10H,1-2H3,(H2,9,11,12). The van der Waals surface area contributed by atoms with E-state index in [0.29, 0.717) is 11.3 Å². The number of hydrogen-bond donors (Lipinski definition) is 2. The van der Waals surface area contributed by atoms with Crippen LogP contribution in [-0.2, 0) is 15.6 Å². The Morgan fingerprint density at radius 3 is 2.29 bits per heavy atom. The van der Waals surface area contributed by atoms with Gasteiger partial charge in [0, 0.05) is 4.88 Å². The van der Waals surface area contributed by atoms with E-state index in [1.165, 1.54) is 13.8 Å². The van der Waals surface area contributed by atoms with Crippen molar-refractivity contribution in [2.75, 3.05) is 0 Å². The van der Waals surface area contributed by atoms with Gasteiger partial charge in [0.15, 0.2) is 10.0 Å². The molecule has 0 saturated heterocycles. The summed E-state index contributed by atoms with van der Waals surface area (Å²) in [5.74, 6) is -0.922. The molecule has 0 amide bonds. The Morgan fingerprint density at radius 2 is 2.07 bits per heavy atom. The molecule has 3 N–H and O–H groups in total. The second-order valence-electron chi connectivity index (χ2n) is 3.35. The maximum absolute atomic E-state index is 13.1. The Kier molecular flexibility index (Phi) is 2.70. The van der Waals surface area contributed by atoms with Gasteiger partial charge in [-0.15, -0.1) is 11.3 Å². The van der Waals surface area contributed by atoms with Crippen LogP contribution in [0.4, 0.5) is 4.39 Å². The Bertz CT molecular complexity index is 444. The summed E-state index contributed by atoms with van der Waals surface area (Å²) < 4.78 is 34.3. The van der Waals surface area contributed by atoms with Crippen LogP contribution < -0.4 is 5.14 Å². The zero-order valence-electron chi connectivity index (χ0n) is 7.61. The summed E-state index contributed by atoms with van der Waals surface area (Å²) in [6.07, 6.45) is 0. The van der Waals surface area contributed by atoms with E-state index in [1.54, 1.807) is 0 Å². The van der Waals surface area contributed by atoms with Gasteiger partial charge in [-0.05, 0) is 19.9 Å². The minimum atomic E-state index is -4.04. The summed E-state index contributed by atoms with van der Waals surface area (Å²) in [5.41, 5.74) is -1.27. The molecule has 0 unspecified atom stereocenters. The van der Waals surface area contributed by atoms with E-state index in [4.69, 9.17) is 5.14 Å². The molecule has 0 aliphatic heterocycles. The molecule has 1 aromatic heterocycles. The molecule has 0 fully saturated rings. The highest BCUT2D eigenvalue weighted by Gasteiger charge is 2.25. The van der Waals surface area contributed by atoms with E-state index >= 15 is 0 Å². The van der Waals surface area contributed by atoms with Gasteiger partial charge < -0.3 is 5.11 Å². The number of halogens is 1. The quantitative estimate of drug-likeness (QED) is 0.799. The largest absolute Gasteiger partial charge is 0.385 e. The first-order chi connectivity index (χ1) is 6.12. The molecule has 1 heterocycles. The molecule has 7 heteroatoms.